The molecular weight excluding hydrogens is 837 g/mol. The number of aliphatic hydroxyl groups is 1. The van der Waals surface area contributed by atoms with Crippen LogP contribution in [0.5, 0.6) is 5.75 Å². The molecule has 0 saturated carbocycles. The summed E-state index contributed by atoms with van der Waals surface area (Å²) in [5.74, 6) is -0.483. The molecule has 65 heavy (non-hydrogen) atoms. The van der Waals surface area contributed by atoms with Crippen molar-refractivity contribution in [2.45, 2.75) is 82.5 Å². The van der Waals surface area contributed by atoms with Crippen molar-refractivity contribution in [3.8, 4) is 5.75 Å². The molecule has 13 nitrogen and oxygen atoms in total. The zero-order valence-corrected chi connectivity index (χ0v) is 39.1. The number of carbonyl (C=O) groups excluding carboxylic acids is 4. The van der Waals surface area contributed by atoms with Crippen LogP contribution in [0.1, 0.15) is 55.7 Å². The smallest absolute Gasteiger partial charge is 0.264 e. The quantitative estimate of drug-likeness (QED) is 0.0938. The molecule has 4 heterocycles. The van der Waals surface area contributed by atoms with Crippen LogP contribution in [-0.4, -0.2) is 94.3 Å². The van der Waals surface area contributed by atoms with E-state index >= 15 is 4.79 Å². The Bertz CT molecular complexity index is 2330. The third-order valence-corrected chi connectivity index (χ3v) is 18.6. The summed E-state index contributed by atoms with van der Waals surface area (Å²) in [7, 11) is -0.994. The van der Waals surface area contributed by atoms with E-state index in [1.54, 1.807) is 16.9 Å². The Balaban J connectivity index is 1.18. The van der Waals surface area contributed by atoms with Crippen molar-refractivity contribution in [3.05, 3.63) is 114 Å². The number of amides is 4. The molecule has 4 aliphatic rings. The largest absolute Gasteiger partial charge is 0.497 e. The summed E-state index contributed by atoms with van der Waals surface area (Å²) in [5, 5.41) is 24.2. The normalized spacial score (nSPS) is 24.1. The number of anilines is 3. The van der Waals surface area contributed by atoms with Gasteiger partial charge in [-0.25, -0.2) is 0 Å². The van der Waals surface area contributed by atoms with E-state index in [-0.39, 0.29) is 67.1 Å². The number of methoxy groups -OCH3 is 1. The molecule has 5 N–H and O–H groups in total. The highest BCUT2D eigenvalue weighted by Crippen LogP contribution is 2.60. The van der Waals surface area contributed by atoms with Crippen molar-refractivity contribution in [1.82, 2.24) is 15.5 Å². The maximum Gasteiger partial charge on any atom is 0.264 e. The van der Waals surface area contributed by atoms with Crippen molar-refractivity contribution in [2.75, 3.05) is 62.0 Å². The van der Waals surface area contributed by atoms with Gasteiger partial charge in [0, 0.05) is 49.0 Å². The Morgan fingerprint density at radius 3 is 2.12 bits per heavy atom. The molecular formula is C51H64N6O7Si. The lowest BCUT2D eigenvalue weighted by Gasteiger charge is -2.37. The van der Waals surface area contributed by atoms with E-state index in [1.165, 1.54) is 0 Å². The van der Waals surface area contributed by atoms with Gasteiger partial charge in [0.15, 0.2) is 5.60 Å². The molecule has 14 heteroatoms. The summed E-state index contributed by atoms with van der Waals surface area (Å²) in [6.45, 7) is 10.2. The van der Waals surface area contributed by atoms with Crippen molar-refractivity contribution >= 4 is 54.0 Å². The third-order valence-electron chi connectivity index (χ3n) is 14.3. The molecule has 4 aromatic carbocycles. The molecule has 8 rings (SSSR count). The van der Waals surface area contributed by atoms with Gasteiger partial charge >= 0.3 is 0 Å². The number of piperidine rings is 2. The molecule has 0 radical (unpaired) electrons. The lowest BCUT2D eigenvalue weighted by Crippen LogP contribution is -2.52. The molecule has 1 spiro atoms. The number of nitrogens with zero attached hydrogens (tertiary/aromatic N) is 2. The highest BCUT2D eigenvalue weighted by atomic mass is 28.3. The minimum absolute atomic E-state index is 0.00214. The summed E-state index contributed by atoms with van der Waals surface area (Å²) in [4.78, 5) is 60.8. The molecule has 2 unspecified atom stereocenters. The summed E-state index contributed by atoms with van der Waals surface area (Å²) >= 11 is 0. The zero-order valence-electron chi connectivity index (χ0n) is 38.1. The van der Waals surface area contributed by atoms with Crippen LogP contribution in [0, 0.1) is 17.8 Å². The topological polar surface area (TPSA) is 162 Å². The lowest BCUT2D eigenvalue weighted by molar-refractivity contribution is -0.150. The monoisotopic (exact) mass is 900 g/mol. The van der Waals surface area contributed by atoms with Gasteiger partial charge in [-0.15, -0.1) is 0 Å². The van der Waals surface area contributed by atoms with Gasteiger partial charge in [-0.3, -0.25) is 19.2 Å². The number of hydrogen-bond donors (Lipinski definition) is 5. The molecule has 3 fully saturated rings. The Hall–Kier alpha value is -5.38. The fourth-order valence-electron chi connectivity index (χ4n) is 10.8. The van der Waals surface area contributed by atoms with Crippen LogP contribution >= 0.6 is 0 Å². The first-order chi connectivity index (χ1) is 31.4. The number of benzene rings is 4. The van der Waals surface area contributed by atoms with Crippen LogP contribution in [0.2, 0.25) is 18.6 Å². The Labute approximate surface area is 383 Å². The summed E-state index contributed by atoms with van der Waals surface area (Å²) in [5.41, 5.74) is 2.59. The number of ether oxygens (including phenoxy) is 2. The summed E-state index contributed by atoms with van der Waals surface area (Å²) < 4.78 is 12.9. The van der Waals surface area contributed by atoms with E-state index in [0.717, 1.165) is 60.8 Å². The lowest BCUT2D eigenvalue weighted by atomic mass is 9.82. The molecule has 0 bridgehead atoms. The average Bonchev–Trinajstić information content (AvgIpc) is 3.75. The van der Waals surface area contributed by atoms with Crippen molar-refractivity contribution in [3.63, 3.8) is 0 Å². The van der Waals surface area contributed by atoms with Gasteiger partial charge in [-0.1, -0.05) is 79.8 Å². The second-order valence-corrected chi connectivity index (χ2v) is 23.5. The number of hydrogen-bond acceptors (Lipinski definition) is 9. The van der Waals surface area contributed by atoms with Crippen LogP contribution in [0.4, 0.5) is 17.1 Å². The van der Waals surface area contributed by atoms with Gasteiger partial charge in [0.05, 0.1) is 58.4 Å². The van der Waals surface area contributed by atoms with Gasteiger partial charge in [0.2, 0.25) is 17.7 Å². The molecule has 344 valence electrons. The van der Waals surface area contributed by atoms with E-state index < -0.39 is 25.7 Å². The van der Waals surface area contributed by atoms with Crippen molar-refractivity contribution in [2.24, 2.45) is 17.8 Å². The van der Waals surface area contributed by atoms with Crippen LogP contribution in [-0.2, 0) is 42.6 Å². The Morgan fingerprint density at radius 1 is 0.862 bits per heavy atom. The van der Waals surface area contributed by atoms with E-state index in [9.17, 15) is 19.5 Å². The third kappa shape index (κ3) is 9.64. The number of rotatable bonds is 15. The predicted octanol–water partition coefficient (Wildman–Crippen LogP) is 5.75. The minimum Gasteiger partial charge on any atom is -0.497 e. The van der Waals surface area contributed by atoms with Crippen LogP contribution in [0.25, 0.3) is 0 Å². The van der Waals surface area contributed by atoms with Gasteiger partial charge in [0.1, 0.15) is 5.75 Å². The fraction of sp³-hybridized carbons (Fsp3) is 0.451. The Morgan fingerprint density at radius 2 is 1.51 bits per heavy atom. The second-order valence-electron chi connectivity index (χ2n) is 18.8. The van der Waals surface area contributed by atoms with Gasteiger partial charge < -0.3 is 45.6 Å². The van der Waals surface area contributed by atoms with E-state index in [2.05, 4.69) is 53.4 Å². The fourth-order valence-corrected chi connectivity index (χ4v) is 14.8. The van der Waals surface area contributed by atoms with Gasteiger partial charge in [-0.2, -0.15) is 0 Å². The highest BCUT2D eigenvalue weighted by Gasteiger charge is 2.66. The summed E-state index contributed by atoms with van der Waals surface area (Å²) in [6.07, 6.45) is 2.81. The van der Waals surface area contributed by atoms with Crippen LogP contribution < -0.4 is 36.1 Å². The molecule has 3 saturated heterocycles. The zero-order chi connectivity index (χ0) is 45.7. The Kier molecular flexibility index (Phi) is 14.2. The standard InChI is InChI=1S/C51H64N6O7Si/c1-34-47(65(3,4)42-20-18-41(63-2)19-21-42)45(29-46(59)56(25-26-58)32-35-11-6-5-7-12-35)64-51(34)43-28-40(55-49(61)38-15-10-24-53-31-38)17-22-44(43)57(50(51)62)33-36-13-8-16-39(27-36)54-48(60)37-14-9-23-52-30-37/h5-8,11-13,16-22,27-28,34,37-38,45,47,52-53,58H,9-10,14-15,23-26,29-33H2,1-4H3,(H,54,60)(H,55,61)/t34-,37?,38?,45+,47-,51+/m1/s1. The highest BCUT2D eigenvalue weighted by molar-refractivity contribution is 6.91. The number of nitrogens with one attached hydrogen (secondary N) is 4. The first-order valence-corrected chi connectivity index (χ1v) is 26.3. The summed E-state index contributed by atoms with van der Waals surface area (Å²) in [6, 6.07) is 31.1. The van der Waals surface area contributed by atoms with Gasteiger partial charge in [0.25, 0.3) is 5.91 Å². The van der Waals surface area contributed by atoms with Gasteiger partial charge in [-0.05, 0) is 97.9 Å². The number of aliphatic hydroxyl groups excluding tert-OH is 1. The molecule has 4 amide bonds. The number of carbonyl (C=O) groups is 4. The molecule has 0 aliphatic carbocycles. The maximum absolute atomic E-state index is 15.8. The molecule has 6 atom stereocenters. The maximum atomic E-state index is 15.8. The number of fused-ring (bicyclic) bond motifs is 2. The van der Waals surface area contributed by atoms with E-state index in [4.69, 9.17) is 9.47 Å². The predicted molar refractivity (Wildman–Crippen MR) is 256 cm³/mol. The minimum atomic E-state index is -2.64. The van der Waals surface area contributed by atoms with E-state index in [0.29, 0.717) is 42.3 Å². The second kappa shape index (κ2) is 20.0. The van der Waals surface area contributed by atoms with E-state index in [1.807, 2.05) is 84.9 Å². The first-order valence-electron chi connectivity index (χ1n) is 23.3. The molecule has 0 aromatic heterocycles. The average molecular weight is 901 g/mol. The van der Waals surface area contributed by atoms with Crippen LogP contribution in [0.3, 0.4) is 0 Å². The first kappa shape index (κ1) is 46.2. The van der Waals surface area contributed by atoms with Crippen molar-refractivity contribution in [1.29, 1.82) is 0 Å². The molecule has 4 aromatic rings. The van der Waals surface area contributed by atoms with Crippen molar-refractivity contribution < 1.29 is 33.8 Å². The SMILES string of the molecule is COc1ccc([Si](C)(C)[C@H]2[C@H](CC(=O)N(CCO)Cc3ccccc3)O[C@@]3(C(=O)N(Cc4cccc(NC(=O)C5CCCNC5)c4)c4ccc(NC(=O)C5CCCNC5)cc43)[C@@H]2C)cc1. The molecule has 4 aliphatic heterocycles. The van der Waals surface area contributed by atoms with Crippen LogP contribution in [0.15, 0.2) is 97.1 Å².